The van der Waals surface area contributed by atoms with Crippen molar-refractivity contribution in [2.24, 2.45) is 11.8 Å². The Bertz CT molecular complexity index is 277. The smallest absolute Gasteiger partial charge is 0.303 e. The lowest BCUT2D eigenvalue weighted by Crippen LogP contribution is -2.37. The summed E-state index contributed by atoms with van der Waals surface area (Å²) >= 11 is 0. The van der Waals surface area contributed by atoms with Gasteiger partial charge in [-0.15, -0.1) is 6.58 Å². The molecule has 0 aromatic rings. The zero-order valence-electron chi connectivity index (χ0n) is 11.2. The maximum atomic E-state index is 11.4. The van der Waals surface area contributed by atoms with Crippen LogP contribution in [0.4, 0.5) is 0 Å². The number of amides is 1. The van der Waals surface area contributed by atoms with Crippen LogP contribution in [0.3, 0.4) is 0 Å². The maximum Gasteiger partial charge on any atom is 0.303 e. The molecule has 1 atom stereocenters. The van der Waals surface area contributed by atoms with E-state index in [0.717, 1.165) is 6.42 Å². The number of nitrogens with one attached hydrogen (secondary N) is 2. The Kier molecular flexibility index (Phi) is 8.92. The fraction of sp³-hybridized carbons (Fsp3) is 0.692. The molecule has 0 bridgehead atoms. The van der Waals surface area contributed by atoms with Crippen LogP contribution in [0.2, 0.25) is 0 Å². The third-order valence-electron chi connectivity index (χ3n) is 2.43. The Labute approximate surface area is 109 Å². The van der Waals surface area contributed by atoms with Crippen molar-refractivity contribution >= 4 is 11.9 Å². The summed E-state index contributed by atoms with van der Waals surface area (Å²) in [5.74, 6) is -0.522. The molecule has 0 aliphatic rings. The van der Waals surface area contributed by atoms with Crippen molar-refractivity contribution in [3.63, 3.8) is 0 Å². The molecule has 104 valence electrons. The third-order valence-corrected chi connectivity index (χ3v) is 2.43. The molecule has 0 aromatic heterocycles. The molecule has 18 heavy (non-hydrogen) atoms. The van der Waals surface area contributed by atoms with E-state index in [0.29, 0.717) is 19.0 Å². The number of carboxylic acids is 1. The first kappa shape index (κ1) is 16.6. The Morgan fingerprint density at radius 3 is 2.56 bits per heavy atom. The van der Waals surface area contributed by atoms with Gasteiger partial charge < -0.3 is 15.7 Å². The summed E-state index contributed by atoms with van der Waals surface area (Å²) in [6, 6.07) is 0. The number of rotatable bonds is 10. The zero-order chi connectivity index (χ0) is 14.0. The van der Waals surface area contributed by atoms with Gasteiger partial charge in [0.2, 0.25) is 5.91 Å². The quantitative estimate of drug-likeness (QED) is 0.403. The van der Waals surface area contributed by atoms with E-state index in [1.54, 1.807) is 6.08 Å². The first-order valence-corrected chi connectivity index (χ1v) is 6.25. The van der Waals surface area contributed by atoms with Crippen LogP contribution in [0.25, 0.3) is 0 Å². The summed E-state index contributed by atoms with van der Waals surface area (Å²) in [5, 5.41) is 14.4. The highest BCUT2D eigenvalue weighted by Gasteiger charge is 2.15. The number of aliphatic carboxylic acids is 1. The Balaban J connectivity index is 3.96. The van der Waals surface area contributed by atoms with Crippen molar-refractivity contribution in [1.82, 2.24) is 10.6 Å². The highest BCUT2D eigenvalue weighted by Crippen LogP contribution is 2.14. The Hall–Kier alpha value is -1.36. The molecule has 0 aromatic carbocycles. The molecule has 5 heteroatoms. The first-order chi connectivity index (χ1) is 8.45. The van der Waals surface area contributed by atoms with Crippen LogP contribution in [0, 0.1) is 11.8 Å². The second kappa shape index (κ2) is 9.65. The van der Waals surface area contributed by atoms with Crippen molar-refractivity contribution in [2.75, 3.05) is 19.6 Å². The van der Waals surface area contributed by atoms with Gasteiger partial charge in [-0.25, -0.2) is 0 Å². The van der Waals surface area contributed by atoms with Crippen molar-refractivity contribution < 1.29 is 14.7 Å². The highest BCUT2D eigenvalue weighted by atomic mass is 16.4. The number of hydrogen-bond acceptors (Lipinski definition) is 3. The molecular formula is C13H24N2O3. The molecular weight excluding hydrogens is 232 g/mol. The average molecular weight is 256 g/mol. The summed E-state index contributed by atoms with van der Waals surface area (Å²) in [4.78, 5) is 22.1. The lowest BCUT2D eigenvalue weighted by Gasteiger charge is -2.17. The van der Waals surface area contributed by atoms with Crippen LogP contribution < -0.4 is 10.6 Å². The largest absolute Gasteiger partial charge is 0.481 e. The van der Waals surface area contributed by atoms with Crippen LogP contribution in [0.1, 0.15) is 26.7 Å². The Morgan fingerprint density at radius 2 is 2.06 bits per heavy atom. The van der Waals surface area contributed by atoms with Crippen LogP contribution in [0.5, 0.6) is 0 Å². The first-order valence-electron chi connectivity index (χ1n) is 6.25. The molecule has 0 aliphatic carbocycles. The minimum Gasteiger partial charge on any atom is -0.481 e. The number of carboxylic acid groups (broad SMARTS) is 1. The van der Waals surface area contributed by atoms with Crippen molar-refractivity contribution in [2.45, 2.75) is 26.7 Å². The third kappa shape index (κ3) is 9.84. The molecule has 0 radical (unpaired) electrons. The van der Waals surface area contributed by atoms with E-state index in [1.165, 1.54) is 0 Å². The fourth-order valence-electron chi connectivity index (χ4n) is 1.76. The van der Waals surface area contributed by atoms with Crippen molar-refractivity contribution in [1.29, 1.82) is 0 Å². The van der Waals surface area contributed by atoms with Crippen LogP contribution >= 0.6 is 0 Å². The summed E-state index contributed by atoms with van der Waals surface area (Å²) < 4.78 is 0. The van der Waals surface area contributed by atoms with Gasteiger partial charge in [-0.05, 0) is 18.3 Å². The summed E-state index contributed by atoms with van der Waals surface area (Å²) in [6.07, 6.45) is 2.57. The minimum absolute atomic E-state index is 0.00847. The average Bonchev–Trinajstić information content (AvgIpc) is 2.25. The van der Waals surface area contributed by atoms with E-state index in [1.807, 2.05) is 13.8 Å². The normalized spacial score (nSPS) is 12.2. The molecule has 0 spiro atoms. The molecule has 1 amide bonds. The standard InChI is InChI=1S/C13H24N2O3/c1-4-5-14-9-12(16)15-8-11(6-10(2)3)7-13(17)18/h4,10-11,14H,1,5-9H2,2-3H3,(H,15,16)(H,17,18)/t11-/m0/s1. The molecule has 0 aliphatic heterocycles. The van der Waals surface area contributed by atoms with E-state index in [2.05, 4.69) is 17.2 Å². The number of carbonyl (C=O) groups is 2. The SMILES string of the molecule is C=CCNCC(=O)NC[C@H](CC(=O)O)CC(C)C. The van der Waals surface area contributed by atoms with Gasteiger partial charge in [-0.2, -0.15) is 0 Å². The van der Waals surface area contributed by atoms with Crippen LogP contribution in [-0.4, -0.2) is 36.6 Å². The molecule has 5 nitrogen and oxygen atoms in total. The van der Waals surface area contributed by atoms with Crippen LogP contribution in [0.15, 0.2) is 12.7 Å². The summed E-state index contributed by atoms with van der Waals surface area (Å²) in [5.41, 5.74) is 0. The summed E-state index contributed by atoms with van der Waals surface area (Å²) in [7, 11) is 0. The van der Waals surface area contributed by atoms with Gasteiger partial charge in [0.25, 0.3) is 0 Å². The van der Waals surface area contributed by atoms with Crippen molar-refractivity contribution in [3.05, 3.63) is 12.7 Å². The monoisotopic (exact) mass is 256 g/mol. The predicted octanol–water partition coefficient (Wildman–Crippen LogP) is 1.02. The van der Waals surface area contributed by atoms with Gasteiger partial charge in [0.1, 0.15) is 0 Å². The maximum absolute atomic E-state index is 11.4. The molecule has 0 rings (SSSR count). The van der Waals surface area contributed by atoms with Gasteiger partial charge in [-0.1, -0.05) is 19.9 Å². The van der Waals surface area contributed by atoms with Crippen LogP contribution in [-0.2, 0) is 9.59 Å². The van der Waals surface area contributed by atoms with E-state index >= 15 is 0 Å². The fourth-order valence-corrected chi connectivity index (χ4v) is 1.76. The van der Waals surface area contributed by atoms with E-state index in [9.17, 15) is 9.59 Å². The second-order valence-electron chi connectivity index (χ2n) is 4.82. The van der Waals surface area contributed by atoms with Gasteiger partial charge in [0, 0.05) is 19.5 Å². The molecule has 3 N–H and O–H groups in total. The van der Waals surface area contributed by atoms with Gasteiger partial charge in [0.05, 0.1) is 6.54 Å². The topological polar surface area (TPSA) is 78.4 Å². The van der Waals surface area contributed by atoms with E-state index in [4.69, 9.17) is 5.11 Å². The number of hydrogen-bond donors (Lipinski definition) is 3. The molecule has 0 unspecified atom stereocenters. The Morgan fingerprint density at radius 1 is 1.39 bits per heavy atom. The molecule has 0 fully saturated rings. The molecule has 0 saturated carbocycles. The van der Waals surface area contributed by atoms with E-state index in [-0.39, 0.29) is 24.8 Å². The zero-order valence-corrected chi connectivity index (χ0v) is 11.2. The lowest BCUT2D eigenvalue weighted by molar-refractivity contribution is -0.138. The molecule has 0 saturated heterocycles. The van der Waals surface area contributed by atoms with Gasteiger partial charge >= 0.3 is 5.97 Å². The second-order valence-corrected chi connectivity index (χ2v) is 4.82. The van der Waals surface area contributed by atoms with E-state index < -0.39 is 5.97 Å². The molecule has 0 heterocycles. The summed E-state index contributed by atoms with van der Waals surface area (Å²) in [6.45, 7) is 8.85. The highest BCUT2D eigenvalue weighted by molar-refractivity contribution is 5.78. The van der Waals surface area contributed by atoms with Gasteiger partial charge in [0.15, 0.2) is 0 Å². The van der Waals surface area contributed by atoms with Gasteiger partial charge in [-0.3, -0.25) is 9.59 Å². The lowest BCUT2D eigenvalue weighted by atomic mass is 9.94. The minimum atomic E-state index is -0.820. The van der Waals surface area contributed by atoms with Crippen molar-refractivity contribution in [3.8, 4) is 0 Å². The predicted molar refractivity (Wildman–Crippen MR) is 71.3 cm³/mol. The number of carbonyl (C=O) groups excluding carboxylic acids is 1.